The van der Waals surface area contributed by atoms with Crippen LogP contribution in [0.4, 0.5) is 4.39 Å². The normalized spacial score (nSPS) is 19.2. The first-order chi connectivity index (χ1) is 8.50. The Bertz CT molecular complexity index is 532. The molecule has 1 aliphatic heterocycles. The van der Waals surface area contributed by atoms with Gasteiger partial charge in [-0.05, 0) is 12.1 Å². The van der Waals surface area contributed by atoms with E-state index in [1.54, 1.807) is 0 Å². The molecular formula is C11H10FN3O3. The maximum Gasteiger partial charge on any atom is 0.273 e. The van der Waals surface area contributed by atoms with Crippen molar-refractivity contribution in [1.29, 1.82) is 0 Å². The molecule has 0 saturated carbocycles. The molecule has 0 spiro atoms. The lowest BCUT2D eigenvalue weighted by Crippen LogP contribution is -2.41. The topological polar surface area (TPSA) is 79.4 Å². The van der Waals surface area contributed by atoms with E-state index in [4.69, 9.17) is 0 Å². The number of pyridine rings is 1. The molecule has 0 aromatic carbocycles. The van der Waals surface area contributed by atoms with Crippen LogP contribution in [0.15, 0.2) is 18.3 Å². The van der Waals surface area contributed by atoms with Gasteiger partial charge in [-0.3, -0.25) is 19.3 Å². The van der Waals surface area contributed by atoms with E-state index < -0.39 is 29.4 Å². The third-order valence-electron chi connectivity index (χ3n) is 2.66. The lowest BCUT2D eigenvalue weighted by atomic mass is 10.2. The van der Waals surface area contributed by atoms with Gasteiger partial charge < -0.3 is 5.32 Å². The van der Waals surface area contributed by atoms with Crippen LogP contribution >= 0.6 is 0 Å². The van der Waals surface area contributed by atoms with Crippen molar-refractivity contribution in [2.75, 3.05) is 7.05 Å². The second-order valence-corrected chi connectivity index (χ2v) is 3.85. The molecule has 3 amide bonds. The van der Waals surface area contributed by atoms with E-state index >= 15 is 0 Å². The molecule has 1 atom stereocenters. The second-order valence-electron chi connectivity index (χ2n) is 3.85. The van der Waals surface area contributed by atoms with Crippen LogP contribution < -0.4 is 5.32 Å². The van der Waals surface area contributed by atoms with Crippen LogP contribution in [0, 0.1) is 5.82 Å². The predicted molar refractivity (Wildman–Crippen MR) is 57.8 cm³/mol. The summed E-state index contributed by atoms with van der Waals surface area (Å²) in [5.74, 6) is -2.48. The van der Waals surface area contributed by atoms with E-state index in [1.165, 1.54) is 19.3 Å². The van der Waals surface area contributed by atoms with E-state index in [0.717, 1.165) is 11.0 Å². The minimum Gasteiger partial charge on any atom is -0.338 e. The first-order valence-electron chi connectivity index (χ1n) is 5.22. The zero-order chi connectivity index (χ0) is 13.3. The standard InChI is InChI=1S/C11H10FN3O3/c1-15-8(16)5-7(11(15)18)14-10(17)9-6(12)3-2-4-13-9/h2-4,7H,5H2,1H3,(H,14,17). The quantitative estimate of drug-likeness (QED) is 0.732. The highest BCUT2D eigenvalue weighted by Gasteiger charge is 2.37. The maximum absolute atomic E-state index is 13.3. The van der Waals surface area contributed by atoms with Gasteiger partial charge in [0.05, 0.1) is 6.42 Å². The zero-order valence-corrected chi connectivity index (χ0v) is 9.51. The van der Waals surface area contributed by atoms with Crippen molar-refractivity contribution < 1.29 is 18.8 Å². The molecule has 94 valence electrons. The predicted octanol–water partition coefficient (Wildman–Crippen LogP) is -0.292. The molecule has 1 aliphatic rings. The smallest absolute Gasteiger partial charge is 0.273 e. The summed E-state index contributed by atoms with van der Waals surface area (Å²) < 4.78 is 13.3. The third-order valence-corrected chi connectivity index (χ3v) is 2.66. The molecule has 0 aliphatic carbocycles. The number of amides is 3. The molecule has 1 fully saturated rings. The lowest BCUT2D eigenvalue weighted by molar-refractivity contribution is -0.137. The first kappa shape index (κ1) is 12.2. The number of aromatic nitrogens is 1. The molecular weight excluding hydrogens is 241 g/mol. The lowest BCUT2D eigenvalue weighted by Gasteiger charge is -2.10. The minimum atomic E-state index is -0.948. The van der Waals surface area contributed by atoms with Gasteiger partial charge in [0.2, 0.25) is 5.91 Å². The molecule has 1 aromatic rings. The fourth-order valence-corrected chi connectivity index (χ4v) is 1.65. The van der Waals surface area contributed by atoms with Crippen molar-refractivity contribution in [2.45, 2.75) is 12.5 Å². The molecule has 0 radical (unpaired) electrons. The summed E-state index contributed by atoms with van der Waals surface area (Å²) in [6, 6.07) is 1.50. The molecule has 1 unspecified atom stereocenters. The van der Waals surface area contributed by atoms with Gasteiger partial charge in [0.1, 0.15) is 6.04 Å². The average Bonchev–Trinajstić information content (AvgIpc) is 2.57. The average molecular weight is 251 g/mol. The third kappa shape index (κ3) is 2.06. The largest absolute Gasteiger partial charge is 0.338 e. The number of nitrogens with one attached hydrogen (secondary N) is 1. The fraction of sp³-hybridized carbons (Fsp3) is 0.273. The first-order valence-corrected chi connectivity index (χ1v) is 5.22. The highest BCUT2D eigenvalue weighted by Crippen LogP contribution is 2.11. The van der Waals surface area contributed by atoms with Gasteiger partial charge in [-0.15, -0.1) is 0 Å². The molecule has 0 bridgehead atoms. The Morgan fingerprint density at radius 1 is 1.56 bits per heavy atom. The number of imide groups is 1. The Balaban J connectivity index is 2.12. The molecule has 1 aromatic heterocycles. The number of carbonyl (C=O) groups is 3. The highest BCUT2D eigenvalue weighted by atomic mass is 19.1. The number of hydrogen-bond donors (Lipinski definition) is 1. The molecule has 7 heteroatoms. The summed E-state index contributed by atoms with van der Waals surface area (Å²) in [4.78, 5) is 39.0. The molecule has 2 heterocycles. The highest BCUT2D eigenvalue weighted by molar-refractivity contribution is 6.07. The van der Waals surface area contributed by atoms with Gasteiger partial charge in [0.15, 0.2) is 11.5 Å². The summed E-state index contributed by atoms with van der Waals surface area (Å²) in [6.07, 6.45) is 1.15. The Morgan fingerprint density at radius 2 is 2.28 bits per heavy atom. The van der Waals surface area contributed by atoms with Crippen LogP contribution in [0.25, 0.3) is 0 Å². The van der Waals surface area contributed by atoms with E-state index in [-0.39, 0.29) is 12.3 Å². The van der Waals surface area contributed by atoms with Crippen molar-refractivity contribution in [3.8, 4) is 0 Å². The summed E-state index contributed by atoms with van der Waals surface area (Å²) in [5.41, 5.74) is -0.396. The Labute approximate surface area is 102 Å². The van der Waals surface area contributed by atoms with Gasteiger partial charge in [-0.2, -0.15) is 0 Å². The maximum atomic E-state index is 13.3. The summed E-state index contributed by atoms with van der Waals surface area (Å²) in [6.45, 7) is 0. The van der Waals surface area contributed by atoms with Crippen LogP contribution in [0.1, 0.15) is 16.9 Å². The number of likely N-dealkylation sites (tertiary alicyclic amines) is 1. The molecule has 18 heavy (non-hydrogen) atoms. The fourth-order valence-electron chi connectivity index (χ4n) is 1.65. The monoisotopic (exact) mass is 251 g/mol. The molecule has 1 N–H and O–H groups in total. The van der Waals surface area contributed by atoms with Crippen LogP contribution in [0.2, 0.25) is 0 Å². The van der Waals surface area contributed by atoms with Crippen molar-refractivity contribution in [1.82, 2.24) is 15.2 Å². The SMILES string of the molecule is CN1C(=O)CC(NC(=O)c2ncccc2F)C1=O. The van der Waals surface area contributed by atoms with Gasteiger partial charge in [-0.1, -0.05) is 0 Å². The minimum absolute atomic E-state index is 0.116. The van der Waals surface area contributed by atoms with Crippen LogP contribution in [-0.4, -0.2) is 40.7 Å². The van der Waals surface area contributed by atoms with Crippen molar-refractivity contribution in [3.63, 3.8) is 0 Å². The van der Waals surface area contributed by atoms with E-state index in [2.05, 4.69) is 10.3 Å². The van der Waals surface area contributed by atoms with Crippen molar-refractivity contribution in [2.24, 2.45) is 0 Å². The number of carbonyl (C=O) groups excluding carboxylic acids is 3. The summed E-state index contributed by atoms with van der Waals surface area (Å²) in [7, 11) is 1.33. The van der Waals surface area contributed by atoms with Gasteiger partial charge >= 0.3 is 0 Å². The summed E-state index contributed by atoms with van der Waals surface area (Å²) in [5, 5.41) is 2.29. The van der Waals surface area contributed by atoms with E-state index in [1.807, 2.05) is 0 Å². The van der Waals surface area contributed by atoms with Crippen LogP contribution in [0.5, 0.6) is 0 Å². The van der Waals surface area contributed by atoms with Crippen LogP contribution in [-0.2, 0) is 9.59 Å². The number of nitrogens with zero attached hydrogens (tertiary/aromatic N) is 2. The Hall–Kier alpha value is -2.31. The number of likely N-dealkylation sites (N-methyl/N-ethyl adjacent to an activating group) is 1. The Kier molecular flexibility index (Phi) is 3.05. The van der Waals surface area contributed by atoms with Crippen molar-refractivity contribution >= 4 is 17.7 Å². The summed E-state index contributed by atoms with van der Waals surface area (Å²) >= 11 is 0. The van der Waals surface area contributed by atoms with E-state index in [9.17, 15) is 18.8 Å². The molecule has 1 saturated heterocycles. The number of hydrogen-bond acceptors (Lipinski definition) is 4. The van der Waals surface area contributed by atoms with Gasteiger partial charge in [0, 0.05) is 13.2 Å². The second kappa shape index (κ2) is 4.52. The van der Waals surface area contributed by atoms with Gasteiger partial charge in [-0.25, -0.2) is 9.37 Å². The molecule has 2 rings (SSSR count). The number of rotatable bonds is 2. The Morgan fingerprint density at radius 3 is 2.83 bits per heavy atom. The zero-order valence-electron chi connectivity index (χ0n) is 9.51. The van der Waals surface area contributed by atoms with Crippen molar-refractivity contribution in [3.05, 3.63) is 29.8 Å². The van der Waals surface area contributed by atoms with Crippen LogP contribution in [0.3, 0.4) is 0 Å². The molecule has 6 nitrogen and oxygen atoms in total. The van der Waals surface area contributed by atoms with Gasteiger partial charge in [0.25, 0.3) is 11.8 Å². The number of halogens is 1. The van der Waals surface area contributed by atoms with E-state index in [0.29, 0.717) is 0 Å².